The van der Waals surface area contributed by atoms with Gasteiger partial charge in [-0.2, -0.15) is 0 Å². The Hall–Kier alpha value is -6.39. The highest BCUT2D eigenvalue weighted by Crippen LogP contribution is 2.43. The minimum Gasteiger partial charge on any atom is -0.316 e. The molecule has 0 fully saturated rings. The summed E-state index contributed by atoms with van der Waals surface area (Å²) in [4.78, 5) is 5.15. The zero-order valence-electron chi connectivity index (χ0n) is 25.5. The second-order valence-corrected chi connectivity index (χ2v) is 12.1. The number of hydrogen-bond acceptors (Lipinski definition) is 1. The van der Waals surface area contributed by atoms with E-state index in [9.17, 15) is 0 Å². The first-order valence-corrected chi connectivity index (χ1v) is 16.0. The Kier molecular flexibility index (Phi) is 5.54. The number of aromatic nitrogens is 4. The van der Waals surface area contributed by atoms with Gasteiger partial charge in [-0.15, -0.1) is 0 Å². The largest absolute Gasteiger partial charge is 0.316 e. The molecule has 4 nitrogen and oxygen atoms in total. The summed E-state index contributed by atoms with van der Waals surface area (Å²) < 4.78 is 7.04. The van der Waals surface area contributed by atoms with E-state index in [4.69, 9.17) is 4.98 Å². The summed E-state index contributed by atoms with van der Waals surface area (Å²) in [5.41, 5.74) is 10.4. The van der Waals surface area contributed by atoms with Crippen LogP contribution in [-0.4, -0.2) is 18.7 Å². The second kappa shape index (κ2) is 10.1. The summed E-state index contributed by atoms with van der Waals surface area (Å²) in [6.45, 7) is 0. The normalized spacial score (nSPS) is 11.8. The van der Waals surface area contributed by atoms with E-state index in [0.29, 0.717) is 0 Å². The molecule has 0 unspecified atom stereocenters. The monoisotopic (exact) mass is 600 g/mol. The van der Waals surface area contributed by atoms with Gasteiger partial charge >= 0.3 is 0 Å². The molecule has 0 N–H and O–H groups in total. The van der Waals surface area contributed by atoms with E-state index >= 15 is 0 Å². The summed E-state index contributed by atoms with van der Waals surface area (Å²) in [6.07, 6.45) is 4.17. The predicted molar refractivity (Wildman–Crippen MR) is 195 cm³/mol. The van der Waals surface area contributed by atoms with Crippen LogP contribution in [0.15, 0.2) is 170 Å². The van der Waals surface area contributed by atoms with E-state index in [-0.39, 0.29) is 0 Å². The maximum atomic E-state index is 5.15. The van der Waals surface area contributed by atoms with Gasteiger partial charge in [-0.3, -0.25) is 4.57 Å². The summed E-state index contributed by atoms with van der Waals surface area (Å²) in [6, 6.07) is 56.3. The molecule has 0 bridgehead atoms. The number of para-hydroxylation sites is 3. The molecule has 0 aliphatic heterocycles. The lowest BCUT2D eigenvalue weighted by molar-refractivity contribution is 1.08. The van der Waals surface area contributed by atoms with E-state index in [1.54, 1.807) is 0 Å². The number of nitrogens with zero attached hydrogens (tertiary/aromatic N) is 4. The third-order valence-corrected chi connectivity index (χ3v) is 9.51. The van der Waals surface area contributed by atoms with Crippen molar-refractivity contribution in [2.75, 3.05) is 0 Å². The molecule has 10 rings (SSSR count). The van der Waals surface area contributed by atoms with Gasteiger partial charge in [0, 0.05) is 56.3 Å². The van der Waals surface area contributed by atoms with Crippen LogP contribution in [0.2, 0.25) is 0 Å². The van der Waals surface area contributed by atoms with Gasteiger partial charge in [0.15, 0.2) is 0 Å². The van der Waals surface area contributed by atoms with Crippen LogP contribution in [-0.2, 0) is 0 Å². The van der Waals surface area contributed by atoms with E-state index in [2.05, 4.69) is 172 Å². The molecular weight excluding hydrogens is 573 g/mol. The molecule has 0 radical (unpaired) electrons. The van der Waals surface area contributed by atoms with Crippen molar-refractivity contribution in [1.82, 2.24) is 18.7 Å². The first kappa shape index (κ1) is 25.9. The average molecular weight is 601 g/mol. The van der Waals surface area contributed by atoms with Gasteiger partial charge in [0.2, 0.25) is 0 Å². The topological polar surface area (TPSA) is 27.7 Å². The van der Waals surface area contributed by atoms with Gasteiger partial charge in [0.05, 0.1) is 27.6 Å². The quantitative estimate of drug-likeness (QED) is 0.197. The van der Waals surface area contributed by atoms with Crippen LogP contribution >= 0.6 is 0 Å². The highest BCUT2D eigenvalue weighted by atomic mass is 15.1. The molecule has 0 saturated heterocycles. The maximum absolute atomic E-state index is 5.15. The predicted octanol–water partition coefficient (Wildman–Crippen LogP) is 10.9. The Labute approximate surface area is 271 Å². The van der Waals surface area contributed by atoms with Gasteiger partial charge in [-0.25, -0.2) is 4.98 Å². The van der Waals surface area contributed by atoms with Gasteiger partial charge in [-0.05, 0) is 72.3 Å². The van der Waals surface area contributed by atoms with E-state index in [0.717, 1.165) is 39.4 Å². The summed E-state index contributed by atoms with van der Waals surface area (Å²) >= 11 is 0. The maximum Gasteiger partial charge on any atom is 0.137 e. The Morgan fingerprint density at radius 1 is 0.426 bits per heavy atom. The summed E-state index contributed by atoms with van der Waals surface area (Å²) in [5, 5.41) is 6.08. The van der Waals surface area contributed by atoms with Crippen LogP contribution in [0.4, 0.5) is 0 Å². The lowest BCUT2D eigenvalue weighted by atomic mass is 10.1. The van der Waals surface area contributed by atoms with Crippen LogP contribution in [0.5, 0.6) is 0 Å². The fraction of sp³-hybridized carbons (Fsp3) is 0. The number of hydrogen-bond donors (Lipinski definition) is 0. The Balaban J connectivity index is 1.35. The second-order valence-electron chi connectivity index (χ2n) is 12.1. The molecule has 4 aromatic heterocycles. The van der Waals surface area contributed by atoms with Crippen LogP contribution in [0.25, 0.3) is 82.8 Å². The SMILES string of the molecule is c1ccc(-c2ccc(-n3c4cc5c(ccn5-c5ccccc5)cc4c4ccc5c(c6ccccc6n5-c5ccccc5)c43)nc2)cc1. The molecule has 0 saturated carbocycles. The van der Waals surface area contributed by atoms with E-state index < -0.39 is 0 Å². The molecular formula is C43H28N4. The summed E-state index contributed by atoms with van der Waals surface area (Å²) in [7, 11) is 0. The van der Waals surface area contributed by atoms with Crippen molar-refractivity contribution in [2.24, 2.45) is 0 Å². The molecule has 0 aliphatic carbocycles. The summed E-state index contributed by atoms with van der Waals surface area (Å²) in [5.74, 6) is 0.894. The van der Waals surface area contributed by atoms with Crippen molar-refractivity contribution in [3.63, 3.8) is 0 Å². The van der Waals surface area contributed by atoms with Crippen molar-refractivity contribution in [3.8, 4) is 28.3 Å². The highest BCUT2D eigenvalue weighted by molar-refractivity contribution is 6.27. The van der Waals surface area contributed by atoms with E-state index in [1.807, 2.05) is 12.3 Å². The van der Waals surface area contributed by atoms with Crippen LogP contribution in [0.3, 0.4) is 0 Å². The Morgan fingerprint density at radius 3 is 1.91 bits per heavy atom. The fourth-order valence-electron chi connectivity index (χ4n) is 7.41. The third-order valence-electron chi connectivity index (χ3n) is 9.51. The molecule has 0 aliphatic rings. The van der Waals surface area contributed by atoms with Crippen molar-refractivity contribution < 1.29 is 0 Å². The number of rotatable bonds is 4. The standard InChI is InChI=1S/C43H28N4/c1-4-12-29(13-5-1)31-20-23-41(44-28-31)47-40-27-39-30(24-25-45(39)32-14-6-2-7-15-32)26-36(40)34-21-22-38-42(43(34)47)35-18-10-11-19-37(35)46(38)33-16-8-3-9-17-33/h1-28H. The minimum atomic E-state index is 0.894. The number of benzene rings is 6. The van der Waals surface area contributed by atoms with Gasteiger partial charge in [-0.1, -0.05) is 91.0 Å². The van der Waals surface area contributed by atoms with Crippen molar-refractivity contribution in [1.29, 1.82) is 0 Å². The molecule has 0 spiro atoms. The van der Waals surface area contributed by atoms with Gasteiger partial charge in [0.25, 0.3) is 0 Å². The van der Waals surface area contributed by atoms with Gasteiger partial charge < -0.3 is 9.13 Å². The number of fused-ring (bicyclic) bond motifs is 8. The molecule has 0 atom stereocenters. The Morgan fingerprint density at radius 2 is 1.15 bits per heavy atom. The first-order chi connectivity index (χ1) is 23.3. The highest BCUT2D eigenvalue weighted by Gasteiger charge is 2.22. The molecule has 220 valence electrons. The van der Waals surface area contributed by atoms with Crippen LogP contribution in [0.1, 0.15) is 0 Å². The van der Waals surface area contributed by atoms with Crippen molar-refractivity contribution in [3.05, 3.63) is 170 Å². The van der Waals surface area contributed by atoms with Crippen LogP contribution in [0, 0.1) is 0 Å². The molecule has 6 aromatic carbocycles. The van der Waals surface area contributed by atoms with Crippen LogP contribution < -0.4 is 0 Å². The smallest absolute Gasteiger partial charge is 0.137 e. The molecule has 4 heteroatoms. The fourth-order valence-corrected chi connectivity index (χ4v) is 7.41. The van der Waals surface area contributed by atoms with Crippen molar-refractivity contribution in [2.45, 2.75) is 0 Å². The third kappa shape index (κ3) is 3.85. The molecule has 10 aromatic rings. The molecule has 0 amide bonds. The van der Waals surface area contributed by atoms with Crippen molar-refractivity contribution >= 4 is 54.5 Å². The van der Waals surface area contributed by atoms with Gasteiger partial charge in [0.1, 0.15) is 5.82 Å². The van der Waals surface area contributed by atoms with E-state index in [1.165, 1.54) is 43.5 Å². The average Bonchev–Trinajstić information content (AvgIpc) is 3.81. The lowest BCUT2D eigenvalue weighted by Crippen LogP contribution is -1.98. The zero-order valence-corrected chi connectivity index (χ0v) is 25.5. The molecule has 4 heterocycles. The molecule has 47 heavy (non-hydrogen) atoms. The minimum absolute atomic E-state index is 0.894. The Bertz CT molecular complexity index is 2750. The lowest BCUT2D eigenvalue weighted by Gasteiger charge is -2.11. The zero-order chi connectivity index (χ0) is 30.9. The number of pyridine rings is 1. The first-order valence-electron chi connectivity index (χ1n) is 16.0.